The maximum Gasteiger partial charge on any atom is 0.265 e. The Bertz CT molecular complexity index is 962. The third-order valence-electron chi connectivity index (χ3n) is 4.00. The van der Waals surface area contributed by atoms with Crippen LogP contribution in [0.15, 0.2) is 64.0 Å². The van der Waals surface area contributed by atoms with Crippen molar-refractivity contribution in [2.45, 2.75) is 0 Å². The quantitative estimate of drug-likeness (QED) is 0.751. The van der Waals surface area contributed by atoms with Gasteiger partial charge < -0.3 is 14.6 Å². The van der Waals surface area contributed by atoms with Gasteiger partial charge in [-0.3, -0.25) is 9.59 Å². The Hall–Kier alpha value is -3.08. The Labute approximate surface area is 132 Å². The van der Waals surface area contributed by atoms with Crippen molar-refractivity contribution in [2.75, 3.05) is 23.3 Å². The van der Waals surface area contributed by atoms with Crippen LogP contribution in [-0.2, 0) is 0 Å². The van der Waals surface area contributed by atoms with E-state index in [9.17, 15) is 9.59 Å². The van der Waals surface area contributed by atoms with Crippen LogP contribution in [0.5, 0.6) is 0 Å². The average Bonchev–Trinajstić information content (AvgIpc) is 2.61. The largest absolute Gasteiger partial charge is 0.463 e. The molecule has 1 aliphatic rings. The molecule has 0 fully saturated rings. The number of amides is 1. The summed E-state index contributed by atoms with van der Waals surface area (Å²) in [6, 6.07) is 14.5. The molecule has 114 valence electrons. The van der Waals surface area contributed by atoms with E-state index >= 15 is 0 Å². The predicted molar refractivity (Wildman–Crippen MR) is 89.1 cm³/mol. The smallest absolute Gasteiger partial charge is 0.265 e. The third kappa shape index (κ3) is 2.17. The first-order chi connectivity index (χ1) is 11.3. The Morgan fingerprint density at radius 2 is 1.87 bits per heavy atom. The van der Waals surface area contributed by atoms with Crippen molar-refractivity contribution >= 4 is 28.3 Å². The van der Waals surface area contributed by atoms with Crippen molar-refractivity contribution in [1.82, 2.24) is 0 Å². The van der Waals surface area contributed by atoms with E-state index in [2.05, 4.69) is 5.32 Å². The monoisotopic (exact) mass is 306 g/mol. The number of benzene rings is 2. The number of para-hydroxylation sites is 3. The van der Waals surface area contributed by atoms with Crippen molar-refractivity contribution in [2.24, 2.45) is 0 Å². The lowest BCUT2D eigenvalue weighted by Gasteiger charge is -2.30. The van der Waals surface area contributed by atoms with E-state index < -0.39 is 0 Å². The number of fused-ring (bicyclic) bond motifs is 2. The van der Waals surface area contributed by atoms with Gasteiger partial charge in [0.25, 0.3) is 5.91 Å². The van der Waals surface area contributed by atoms with Gasteiger partial charge in [-0.2, -0.15) is 0 Å². The minimum atomic E-state index is -0.335. The number of anilines is 2. The number of rotatable bonds is 1. The zero-order chi connectivity index (χ0) is 15.8. The molecule has 0 atom stereocenters. The van der Waals surface area contributed by atoms with Crippen LogP contribution in [0.1, 0.15) is 10.4 Å². The van der Waals surface area contributed by atoms with Crippen molar-refractivity contribution in [3.63, 3.8) is 0 Å². The molecule has 0 saturated heterocycles. The number of nitrogens with one attached hydrogen (secondary N) is 1. The number of carbonyl (C=O) groups is 1. The Balaban J connectivity index is 1.82. The second-order valence-corrected chi connectivity index (χ2v) is 5.38. The molecule has 1 aliphatic heterocycles. The van der Waals surface area contributed by atoms with Gasteiger partial charge in [-0.1, -0.05) is 24.3 Å². The van der Waals surface area contributed by atoms with Crippen molar-refractivity contribution in [3.8, 4) is 0 Å². The standard InChI is InChI=1S/C18H14N2O3/c21-17-12-5-1-4-8-16(12)23-11-13(17)18(22)20-10-9-19-14-6-2-3-7-15(14)20/h1-8,11,19H,9-10H2. The Morgan fingerprint density at radius 3 is 2.78 bits per heavy atom. The van der Waals surface area contributed by atoms with Gasteiger partial charge in [0, 0.05) is 13.1 Å². The highest BCUT2D eigenvalue weighted by atomic mass is 16.3. The fourth-order valence-corrected chi connectivity index (χ4v) is 2.86. The summed E-state index contributed by atoms with van der Waals surface area (Å²) in [5.41, 5.74) is 1.90. The molecule has 0 saturated carbocycles. The minimum Gasteiger partial charge on any atom is -0.463 e. The van der Waals surface area contributed by atoms with E-state index in [0.717, 1.165) is 11.4 Å². The molecular weight excluding hydrogens is 292 g/mol. The molecule has 23 heavy (non-hydrogen) atoms. The van der Waals surface area contributed by atoms with Crippen LogP contribution in [0.4, 0.5) is 11.4 Å². The van der Waals surface area contributed by atoms with Crippen LogP contribution in [-0.4, -0.2) is 19.0 Å². The van der Waals surface area contributed by atoms with Gasteiger partial charge in [-0.15, -0.1) is 0 Å². The first kappa shape index (κ1) is 13.6. The molecule has 2 aromatic carbocycles. The molecule has 0 bridgehead atoms. The van der Waals surface area contributed by atoms with Crippen molar-refractivity contribution in [3.05, 3.63) is 70.6 Å². The fourth-order valence-electron chi connectivity index (χ4n) is 2.86. The lowest BCUT2D eigenvalue weighted by molar-refractivity contribution is 0.0984. The summed E-state index contributed by atoms with van der Waals surface area (Å²) in [6.07, 6.45) is 1.26. The van der Waals surface area contributed by atoms with E-state index in [1.54, 1.807) is 29.2 Å². The van der Waals surface area contributed by atoms with Gasteiger partial charge in [0.1, 0.15) is 17.4 Å². The Kier molecular flexibility index (Phi) is 3.12. The molecule has 5 nitrogen and oxygen atoms in total. The SMILES string of the molecule is O=C(c1coc2ccccc2c1=O)N1CCNc2ccccc21. The molecule has 1 aromatic heterocycles. The van der Waals surface area contributed by atoms with Gasteiger partial charge >= 0.3 is 0 Å². The molecule has 5 heteroatoms. The van der Waals surface area contributed by atoms with Crippen LogP contribution in [0.2, 0.25) is 0 Å². The lowest BCUT2D eigenvalue weighted by Crippen LogP contribution is -2.40. The maximum absolute atomic E-state index is 12.9. The van der Waals surface area contributed by atoms with E-state index in [4.69, 9.17) is 4.42 Å². The molecule has 0 unspecified atom stereocenters. The van der Waals surface area contributed by atoms with Gasteiger partial charge in [0.15, 0.2) is 0 Å². The normalized spacial score (nSPS) is 13.5. The zero-order valence-electron chi connectivity index (χ0n) is 12.3. The summed E-state index contributed by atoms with van der Waals surface area (Å²) in [4.78, 5) is 27.1. The van der Waals surface area contributed by atoms with Crippen LogP contribution in [0, 0.1) is 0 Å². The summed E-state index contributed by atoms with van der Waals surface area (Å²) in [7, 11) is 0. The van der Waals surface area contributed by atoms with Crippen LogP contribution < -0.4 is 15.6 Å². The fraction of sp³-hybridized carbons (Fsp3) is 0.111. The van der Waals surface area contributed by atoms with Crippen molar-refractivity contribution < 1.29 is 9.21 Å². The van der Waals surface area contributed by atoms with Crippen LogP contribution >= 0.6 is 0 Å². The number of hydrogen-bond acceptors (Lipinski definition) is 4. The summed E-state index contributed by atoms with van der Waals surface area (Å²) in [6.45, 7) is 1.14. The van der Waals surface area contributed by atoms with Gasteiger partial charge in [-0.25, -0.2) is 0 Å². The molecule has 4 rings (SSSR count). The molecule has 1 N–H and O–H groups in total. The lowest BCUT2D eigenvalue weighted by atomic mass is 10.1. The molecule has 0 spiro atoms. The zero-order valence-corrected chi connectivity index (χ0v) is 12.3. The second-order valence-electron chi connectivity index (χ2n) is 5.38. The van der Waals surface area contributed by atoms with Crippen LogP contribution in [0.25, 0.3) is 11.0 Å². The summed E-state index contributed by atoms with van der Waals surface area (Å²) in [5.74, 6) is -0.335. The number of nitrogens with zero attached hydrogens (tertiary/aromatic N) is 1. The van der Waals surface area contributed by atoms with Gasteiger partial charge in [0.2, 0.25) is 5.43 Å². The maximum atomic E-state index is 12.9. The molecule has 2 heterocycles. The third-order valence-corrected chi connectivity index (χ3v) is 4.00. The summed E-state index contributed by atoms with van der Waals surface area (Å²) < 4.78 is 5.46. The topological polar surface area (TPSA) is 62.6 Å². The van der Waals surface area contributed by atoms with Crippen LogP contribution in [0.3, 0.4) is 0 Å². The van der Waals surface area contributed by atoms with Gasteiger partial charge in [-0.05, 0) is 24.3 Å². The number of carbonyl (C=O) groups excluding carboxylic acids is 1. The molecule has 1 amide bonds. The average molecular weight is 306 g/mol. The summed E-state index contributed by atoms with van der Waals surface area (Å²) >= 11 is 0. The first-order valence-corrected chi connectivity index (χ1v) is 7.41. The van der Waals surface area contributed by atoms with Gasteiger partial charge in [0.05, 0.1) is 16.8 Å². The molecular formula is C18H14N2O3. The van der Waals surface area contributed by atoms with E-state index in [1.807, 2.05) is 24.3 Å². The highest BCUT2D eigenvalue weighted by Crippen LogP contribution is 2.29. The minimum absolute atomic E-state index is 0.0559. The molecule has 0 aliphatic carbocycles. The van der Waals surface area contributed by atoms with E-state index in [1.165, 1.54) is 6.26 Å². The van der Waals surface area contributed by atoms with Crippen molar-refractivity contribution in [1.29, 1.82) is 0 Å². The summed E-state index contributed by atoms with van der Waals surface area (Å²) in [5, 5.41) is 3.67. The first-order valence-electron chi connectivity index (χ1n) is 7.41. The van der Waals surface area contributed by atoms with E-state index in [-0.39, 0.29) is 16.9 Å². The molecule has 3 aromatic rings. The highest BCUT2D eigenvalue weighted by Gasteiger charge is 2.25. The highest BCUT2D eigenvalue weighted by molar-refractivity contribution is 6.09. The van der Waals surface area contributed by atoms with E-state index in [0.29, 0.717) is 24.1 Å². The molecule has 0 radical (unpaired) electrons. The second kappa shape index (κ2) is 5.28. The number of hydrogen-bond donors (Lipinski definition) is 1. The Morgan fingerprint density at radius 1 is 1.09 bits per heavy atom. The predicted octanol–water partition coefficient (Wildman–Crippen LogP) is 2.87.